The van der Waals surface area contributed by atoms with E-state index in [1.54, 1.807) is 0 Å². The van der Waals surface area contributed by atoms with Gasteiger partial charge in [-0.25, -0.2) is 0 Å². The van der Waals surface area contributed by atoms with Gasteiger partial charge in [-0.1, -0.05) is 89.9 Å². The van der Waals surface area contributed by atoms with Crippen molar-refractivity contribution in [2.45, 2.75) is 218 Å². The number of rotatable bonds is 21. The molecule has 2 saturated heterocycles. The van der Waals surface area contributed by atoms with E-state index in [0.29, 0.717) is 12.1 Å². The second-order valence-corrected chi connectivity index (χ2v) is 16.6. The van der Waals surface area contributed by atoms with Crippen molar-refractivity contribution < 1.29 is 0 Å². The van der Waals surface area contributed by atoms with Gasteiger partial charge in [0.15, 0.2) is 0 Å². The molecule has 2 heterocycles. The van der Waals surface area contributed by atoms with Crippen LogP contribution >= 0.6 is 0 Å². The summed E-state index contributed by atoms with van der Waals surface area (Å²) < 4.78 is 0. The van der Waals surface area contributed by atoms with Crippen LogP contribution in [-0.4, -0.2) is 47.3 Å². The van der Waals surface area contributed by atoms with Gasteiger partial charge < -0.3 is 21.3 Å². The molecule has 2 fully saturated rings. The SMILES string of the molecule is CC1(C)CC(NCCCCCCCCCCCCCCCCCCNC2CC(C)(C)NC(C)(C)C2)CC(C)(C)N1. The number of piperidine rings is 2. The van der Waals surface area contributed by atoms with Crippen molar-refractivity contribution in [3.8, 4) is 0 Å². The Balaban J connectivity index is 1.27. The van der Waals surface area contributed by atoms with Crippen LogP contribution in [0, 0.1) is 0 Å². The number of unbranched alkanes of at least 4 members (excludes halogenated alkanes) is 15. The highest BCUT2D eigenvalue weighted by Gasteiger charge is 2.38. The third kappa shape index (κ3) is 17.1. The zero-order valence-electron chi connectivity index (χ0n) is 28.7. The molecule has 0 aromatic carbocycles. The first-order valence-corrected chi connectivity index (χ1v) is 17.8. The van der Waals surface area contributed by atoms with Crippen molar-refractivity contribution in [3.63, 3.8) is 0 Å². The van der Waals surface area contributed by atoms with Crippen molar-refractivity contribution >= 4 is 0 Å². The summed E-state index contributed by atoms with van der Waals surface area (Å²) in [5, 5.41) is 15.3. The summed E-state index contributed by atoms with van der Waals surface area (Å²) in [5.74, 6) is 0. The van der Waals surface area contributed by atoms with E-state index in [1.807, 2.05) is 0 Å². The Morgan fingerprint density at radius 3 is 0.800 bits per heavy atom. The summed E-state index contributed by atoms with van der Waals surface area (Å²) >= 11 is 0. The van der Waals surface area contributed by atoms with Crippen LogP contribution < -0.4 is 21.3 Å². The fourth-order valence-electron chi connectivity index (χ4n) is 8.27. The summed E-state index contributed by atoms with van der Waals surface area (Å²) in [7, 11) is 0. The lowest BCUT2D eigenvalue weighted by Gasteiger charge is -2.46. The summed E-state index contributed by atoms with van der Waals surface area (Å²) in [6.45, 7) is 21.2. The molecule has 0 aromatic heterocycles. The van der Waals surface area contributed by atoms with Gasteiger partial charge in [0.25, 0.3) is 0 Å². The molecule has 0 unspecified atom stereocenters. The lowest BCUT2D eigenvalue weighted by molar-refractivity contribution is 0.145. The molecule has 0 radical (unpaired) electrons. The first kappa shape index (κ1) is 36.0. The van der Waals surface area contributed by atoms with Crippen LogP contribution in [0.4, 0.5) is 0 Å². The van der Waals surface area contributed by atoms with Crippen LogP contribution in [0.25, 0.3) is 0 Å². The molecule has 2 aliphatic rings. The minimum atomic E-state index is 0.250. The molecule has 2 rings (SSSR count). The van der Waals surface area contributed by atoms with Gasteiger partial charge in [-0.15, -0.1) is 0 Å². The molecule has 0 aliphatic carbocycles. The minimum absolute atomic E-state index is 0.250. The predicted molar refractivity (Wildman–Crippen MR) is 179 cm³/mol. The largest absolute Gasteiger partial charge is 0.314 e. The van der Waals surface area contributed by atoms with E-state index in [2.05, 4.69) is 76.7 Å². The van der Waals surface area contributed by atoms with Crippen LogP contribution in [-0.2, 0) is 0 Å². The lowest BCUT2D eigenvalue weighted by Crippen LogP contribution is -2.61. The maximum atomic E-state index is 3.86. The van der Waals surface area contributed by atoms with Crippen molar-refractivity contribution in [1.29, 1.82) is 0 Å². The average molecular weight is 563 g/mol. The Morgan fingerprint density at radius 1 is 0.375 bits per heavy atom. The molecule has 0 atom stereocenters. The number of hydrogen-bond acceptors (Lipinski definition) is 4. The summed E-state index contributed by atoms with van der Waals surface area (Å²) in [5.41, 5.74) is 1.000. The second-order valence-electron chi connectivity index (χ2n) is 16.6. The predicted octanol–water partition coefficient (Wildman–Crippen LogP) is 9.03. The topological polar surface area (TPSA) is 48.1 Å². The van der Waals surface area contributed by atoms with Crippen molar-refractivity contribution in [2.24, 2.45) is 0 Å². The van der Waals surface area contributed by atoms with E-state index < -0.39 is 0 Å². The summed E-state index contributed by atoms with van der Waals surface area (Å²) in [6.07, 6.45) is 27.8. The molecular weight excluding hydrogens is 488 g/mol. The molecule has 0 spiro atoms. The Labute approximate surface area is 252 Å². The van der Waals surface area contributed by atoms with Gasteiger partial charge in [-0.05, 0) is 107 Å². The van der Waals surface area contributed by atoms with Crippen LogP contribution in [0.15, 0.2) is 0 Å². The highest BCUT2D eigenvalue weighted by molar-refractivity contribution is 5.00. The summed E-state index contributed by atoms with van der Waals surface area (Å²) in [4.78, 5) is 0. The second kappa shape index (κ2) is 17.8. The fraction of sp³-hybridized carbons (Fsp3) is 1.00. The quantitative estimate of drug-likeness (QED) is 0.105. The van der Waals surface area contributed by atoms with Crippen molar-refractivity contribution in [1.82, 2.24) is 21.3 Å². The lowest BCUT2D eigenvalue weighted by atomic mass is 9.79. The number of hydrogen-bond donors (Lipinski definition) is 4. The maximum absolute atomic E-state index is 3.86. The van der Waals surface area contributed by atoms with Crippen molar-refractivity contribution in [2.75, 3.05) is 13.1 Å². The van der Waals surface area contributed by atoms with Gasteiger partial charge >= 0.3 is 0 Å². The molecule has 0 aromatic rings. The van der Waals surface area contributed by atoms with E-state index in [1.165, 1.54) is 142 Å². The van der Waals surface area contributed by atoms with Gasteiger partial charge in [-0.3, -0.25) is 0 Å². The zero-order valence-corrected chi connectivity index (χ0v) is 28.7. The van der Waals surface area contributed by atoms with Gasteiger partial charge in [-0.2, -0.15) is 0 Å². The van der Waals surface area contributed by atoms with E-state index in [-0.39, 0.29) is 22.2 Å². The standard InChI is InChI=1S/C36H74N4/c1-33(2)27-31(28-34(3,4)39-33)37-25-23-21-19-17-15-13-11-9-10-12-14-16-18-20-22-24-26-38-32-29-35(5,6)40-36(7,8)30-32/h31-32,37-40H,9-30H2,1-8H3. The molecule has 40 heavy (non-hydrogen) atoms. The third-order valence-electron chi connectivity index (χ3n) is 9.35. The van der Waals surface area contributed by atoms with Crippen molar-refractivity contribution in [3.05, 3.63) is 0 Å². The van der Waals surface area contributed by atoms with Gasteiger partial charge in [0.2, 0.25) is 0 Å². The summed E-state index contributed by atoms with van der Waals surface area (Å²) in [6, 6.07) is 1.34. The van der Waals surface area contributed by atoms with Gasteiger partial charge in [0, 0.05) is 34.2 Å². The Hall–Kier alpha value is -0.160. The van der Waals surface area contributed by atoms with E-state index >= 15 is 0 Å². The normalized spacial score (nSPS) is 22.5. The maximum Gasteiger partial charge on any atom is 0.0144 e. The van der Waals surface area contributed by atoms with E-state index in [0.717, 1.165) is 0 Å². The average Bonchev–Trinajstić information content (AvgIpc) is 2.79. The number of nitrogens with one attached hydrogen (secondary N) is 4. The Bertz CT molecular complexity index is 565. The molecule has 2 aliphatic heterocycles. The van der Waals surface area contributed by atoms with Crippen LogP contribution in [0.5, 0.6) is 0 Å². The molecular formula is C36H74N4. The van der Waals surface area contributed by atoms with Gasteiger partial charge in [0.05, 0.1) is 0 Å². The molecule has 238 valence electrons. The highest BCUT2D eigenvalue weighted by atomic mass is 15.1. The molecule has 4 N–H and O–H groups in total. The molecule has 0 saturated carbocycles. The minimum Gasteiger partial charge on any atom is -0.314 e. The van der Waals surface area contributed by atoms with E-state index in [9.17, 15) is 0 Å². The Kier molecular flexibility index (Phi) is 16.1. The zero-order chi connectivity index (χ0) is 29.5. The van der Waals surface area contributed by atoms with E-state index in [4.69, 9.17) is 0 Å². The monoisotopic (exact) mass is 563 g/mol. The molecule has 0 amide bonds. The Morgan fingerprint density at radius 2 is 0.575 bits per heavy atom. The van der Waals surface area contributed by atoms with Gasteiger partial charge in [0.1, 0.15) is 0 Å². The van der Waals surface area contributed by atoms with Crippen LogP contribution in [0.3, 0.4) is 0 Å². The third-order valence-corrected chi connectivity index (χ3v) is 9.35. The molecule has 0 bridgehead atoms. The smallest absolute Gasteiger partial charge is 0.0144 e. The molecule has 4 heteroatoms. The van der Waals surface area contributed by atoms with Crippen LogP contribution in [0.2, 0.25) is 0 Å². The van der Waals surface area contributed by atoms with Crippen LogP contribution in [0.1, 0.15) is 184 Å². The molecule has 4 nitrogen and oxygen atoms in total. The highest BCUT2D eigenvalue weighted by Crippen LogP contribution is 2.29. The first-order chi connectivity index (χ1) is 18.8. The first-order valence-electron chi connectivity index (χ1n) is 17.8. The fourth-order valence-corrected chi connectivity index (χ4v) is 8.27.